The number of hydrogen-bond donors (Lipinski definition) is 0. The molecule has 0 spiro atoms. The predicted octanol–water partition coefficient (Wildman–Crippen LogP) is 4.13. The Hall–Kier alpha value is -1.52. The fourth-order valence-electron chi connectivity index (χ4n) is 2.88. The molecule has 0 N–H and O–H groups in total. The molecule has 122 valence electrons. The minimum Gasteiger partial charge on any atom is -0.369 e. The number of hydrogen-bond acceptors (Lipinski definition) is 3. The standard InChI is InChI=1S/C19H23FN2S/c20-17-7-9-19(10-8-17)23-16-4-11-21-12-14-22(15-13-21)18-5-2-1-3-6-18/h1-3,5-10H,4,11-16H2. The fraction of sp³-hybridized carbons (Fsp3) is 0.368. The molecule has 0 unspecified atom stereocenters. The van der Waals surface area contributed by atoms with Gasteiger partial charge in [0.05, 0.1) is 0 Å². The molecule has 2 nitrogen and oxygen atoms in total. The van der Waals surface area contributed by atoms with E-state index < -0.39 is 0 Å². The number of anilines is 1. The third-order valence-electron chi connectivity index (χ3n) is 4.19. The molecule has 1 fully saturated rings. The highest BCUT2D eigenvalue weighted by atomic mass is 32.2. The van der Waals surface area contributed by atoms with Gasteiger partial charge in [0.15, 0.2) is 0 Å². The molecule has 0 bridgehead atoms. The second kappa shape index (κ2) is 8.37. The van der Waals surface area contributed by atoms with Crippen molar-refractivity contribution in [2.75, 3.05) is 43.4 Å². The summed E-state index contributed by atoms with van der Waals surface area (Å²) in [5.41, 5.74) is 1.33. The molecule has 0 saturated carbocycles. The van der Waals surface area contributed by atoms with E-state index in [1.54, 1.807) is 0 Å². The van der Waals surface area contributed by atoms with Crippen LogP contribution in [-0.2, 0) is 0 Å². The van der Waals surface area contributed by atoms with E-state index in [0.29, 0.717) is 0 Å². The lowest BCUT2D eigenvalue weighted by molar-refractivity contribution is 0.259. The molecule has 4 heteroatoms. The lowest BCUT2D eigenvalue weighted by Gasteiger charge is -2.36. The van der Waals surface area contributed by atoms with E-state index in [0.717, 1.165) is 43.4 Å². The summed E-state index contributed by atoms with van der Waals surface area (Å²) >= 11 is 1.81. The van der Waals surface area contributed by atoms with Crippen molar-refractivity contribution in [2.45, 2.75) is 11.3 Å². The third kappa shape index (κ3) is 4.98. The number of rotatable bonds is 6. The molecule has 0 amide bonds. The second-order valence-corrected chi connectivity index (χ2v) is 6.99. The molecule has 0 aliphatic carbocycles. The van der Waals surface area contributed by atoms with Gasteiger partial charge < -0.3 is 4.90 Å². The van der Waals surface area contributed by atoms with Gasteiger partial charge in [-0.3, -0.25) is 4.90 Å². The molecule has 1 aliphatic heterocycles. The molecule has 1 heterocycles. The minimum atomic E-state index is -0.161. The summed E-state index contributed by atoms with van der Waals surface area (Å²) in [6.07, 6.45) is 1.17. The maximum absolute atomic E-state index is 12.9. The number of piperazine rings is 1. The molecule has 3 rings (SSSR count). The summed E-state index contributed by atoms with van der Waals surface area (Å²) in [7, 11) is 0. The van der Waals surface area contributed by atoms with Crippen LogP contribution in [0.3, 0.4) is 0 Å². The van der Waals surface area contributed by atoms with Crippen LogP contribution < -0.4 is 4.90 Å². The summed E-state index contributed by atoms with van der Waals surface area (Å²) in [4.78, 5) is 6.16. The van der Waals surface area contributed by atoms with Crippen LogP contribution in [-0.4, -0.2) is 43.4 Å². The Kier molecular flexibility index (Phi) is 5.94. The highest BCUT2D eigenvalue weighted by molar-refractivity contribution is 7.99. The molecular formula is C19H23FN2S. The first-order valence-corrected chi connectivity index (χ1v) is 9.20. The molecule has 0 radical (unpaired) electrons. The number of halogens is 1. The summed E-state index contributed by atoms with van der Waals surface area (Å²) in [5.74, 6) is 0.926. The van der Waals surface area contributed by atoms with Crippen molar-refractivity contribution in [1.82, 2.24) is 4.90 Å². The first-order valence-electron chi connectivity index (χ1n) is 8.22. The number of para-hydroxylation sites is 1. The summed E-state index contributed by atoms with van der Waals surface area (Å²) in [6, 6.07) is 17.4. The van der Waals surface area contributed by atoms with Gasteiger partial charge in [-0.15, -0.1) is 11.8 Å². The van der Waals surface area contributed by atoms with Crippen molar-refractivity contribution >= 4 is 17.4 Å². The zero-order chi connectivity index (χ0) is 15.9. The van der Waals surface area contributed by atoms with Gasteiger partial charge in [0.25, 0.3) is 0 Å². The highest BCUT2D eigenvalue weighted by Crippen LogP contribution is 2.20. The maximum Gasteiger partial charge on any atom is 0.123 e. The Morgan fingerprint density at radius 1 is 0.870 bits per heavy atom. The van der Waals surface area contributed by atoms with E-state index in [-0.39, 0.29) is 5.82 Å². The van der Waals surface area contributed by atoms with Crippen LogP contribution >= 0.6 is 11.8 Å². The quantitative estimate of drug-likeness (QED) is 0.581. The van der Waals surface area contributed by atoms with Crippen LogP contribution in [0.4, 0.5) is 10.1 Å². The first-order chi connectivity index (χ1) is 11.3. The van der Waals surface area contributed by atoms with Gasteiger partial charge >= 0.3 is 0 Å². The average Bonchev–Trinajstić information content (AvgIpc) is 2.62. The summed E-state index contributed by atoms with van der Waals surface area (Å²) in [6.45, 7) is 5.63. The number of nitrogens with zero attached hydrogens (tertiary/aromatic N) is 2. The van der Waals surface area contributed by atoms with E-state index >= 15 is 0 Å². The predicted molar refractivity (Wildman–Crippen MR) is 96.8 cm³/mol. The Morgan fingerprint density at radius 2 is 1.57 bits per heavy atom. The topological polar surface area (TPSA) is 6.48 Å². The second-order valence-electron chi connectivity index (χ2n) is 5.82. The van der Waals surface area contributed by atoms with Crippen LogP contribution in [0, 0.1) is 5.82 Å². The van der Waals surface area contributed by atoms with E-state index in [2.05, 4.69) is 40.1 Å². The van der Waals surface area contributed by atoms with Gasteiger partial charge in [-0.05, 0) is 55.1 Å². The summed E-state index contributed by atoms with van der Waals surface area (Å²) < 4.78 is 12.9. The Balaban J connectivity index is 1.34. The summed E-state index contributed by atoms with van der Waals surface area (Å²) in [5, 5.41) is 0. The first kappa shape index (κ1) is 16.3. The van der Waals surface area contributed by atoms with Crippen LogP contribution in [0.15, 0.2) is 59.5 Å². The smallest absolute Gasteiger partial charge is 0.123 e. The van der Waals surface area contributed by atoms with Gasteiger partial charge in [0.1, 0.15) is 5.82 Å². The van der Waals surface area contributed by atoms with Crippen molar-refractivity contribution in [1.29, 1.82) is 0 Å². The van der Waals surface area contributed by atoms with Gasteiger partial charge in [-0.2, -0.15) is 0 Å². The van der Waals surface area contributed by atoms with Crippen molar-refractivity contribution in [3.05, 3.63) is 60.4 Å². The van der Waals surface area contributed by atoms with Crippen molar-refractivity contribution in [2.24, 2.45) is 0 Å². The van der Waals surface area contributed by atoms with E-state index in [9.17, 15) is 4.39 Å². The van der Waals surface area contributed by atoms with Crippen molar-refractivity contribution in [3.63, 3.8) is 0 Å². The van der Waals surface area contributed by atoms with Gasteiger partial charge in [-0.25, -0.2) is 4.39 Å². The van der Waals surface area contributed by atoms with Gasteiger partial charge in [-0.1, -0.05) is 18.2 Å². The normalized spacial score (nSPS) is 15.8. The van der Waals surface area contributed by atoms with Crippen LogP contribution in [0.2, 0.25) is 0 Å². The molecule has 2 aromatic rings. The van der Waals surface area contributed by atoms with E-state index in [1.165, 1.54) is 24.2 Å². The van der Waals surface area contributed by atoms with Gasteiger partial charge in [0.2, 0.25) is 0 Å². The van der Waals surface area contributed by atoms with Gasteiger partial charge in [0, 0.05) is 36.8 Å². The zero-order valence-corrected chi connectivity index (χ0v) is 14.1. The maximum atomic E-state index is 12.9. The zero-order valence-electron chi connectivity index (χ0n) is 13.3. The molecule has 1 aliphatic rings. The van der Waals surface area contributed by atoms with Crippen LogP contribution in [0.1, 0.15) is 6.42 Å². The Labute approximate surface area is 142 Å². The molecule has 2 aromatic carbocycles. The fourth-order valence-corrected chi connectivity index (χ4v) is 3.72. The van der Waals surface area contributed by atoms with Crippen LogP contribution in [0.25, 0.3) is 0 Å². The average molecular weight is 330 g/mol. The Morgan fingerprint density at radius 3 is 2.26 bits per heavy atom. The lowest BCUT2D eigenvalue weighted by Crippen LogP contribution is -2.46. The third-order valence-corrected chi connectivity index (χ3v) is 5.29. The van der Waals surface area contributed by atoms with E-state index in [4.69, 9.17) is 0 Å². The van der Waals surface area contributed by atoms with Crippen LogP contribution in [0.5, 0.6) is 0 Å². The van der Waals surface area contributed by atoms with Crippen molar-refractivity contribution in [3.8, 4) is 0 Å². The molecule has 23 heavy (non-hydrogen) atoms. The SMILES string of the molecule is Fc1ccc(SCCCN2CCN(c3ccccc3)CC2)cc1. The highest BCUT2D eigenvalue weighted by Gasteiger charge is 2.16. The van der Waals surface area contributed by atoms with E-state index in [1.807, 2.05) is 23.9 Å². The largest absolute Gasteiger partial charge is 0.369 e. The Bertz CT molecular complexity index is 580. The molecular weight excluding hydrogens is 307 g/mol. The minimum absolute atomic E-state index is 0.161. The monoisotopic (exact) mass is 330 g/mol. The number of benzene rings is 2. The number of thioether (sulfide) groups is 1. The lowest BCUT2D eigenvalue weighted by atomic mass is 10.2. The molecule has 0 atom stereocenters. The molecule has 1 saturated heterocycles. The van der Waals surface area contributed by atoms with Crippen molar-refractivity contribution < 1.29 is 4.39 Å². The molecule has 0 aromatic heterocycles.